The Bertz CT molecular complexity index is 813. The fraction of sp³-hybridized carbons (Fsp3) is 0.696. The lowest BCUT2D eigenvalue weighted by atomic mass is 9.70. The Kier molecular flexibility index (Phi) is 8.51. The summed E-state index contributed by atoms with van der Waals surface area (Å²) >= 11 is 0. The molecule has 0 aliphatic carbocycles. The van der Waals surface area contributed by atoms with Crippen molar-refractivity contribution in [2.45, 2.75) is 85.9 Å². The van der Waals surface area contributed by atoms with Crippen molar-refractivity contribution in [3.05, 3.63) is 29.1 Å². The van der Waals surface area contributed by atoms with E-state index in [0.29, 0.717) is 19.4 Å². The number of aliphatic hydroxyl groups is 1. The maximum atomic E-state index is 13.9. The molecule has 9 heteroatoms. The standard InChI is InChI=1S/C23H33F5O4/c1-20(2,12-23(7,8)31-10-9-22(5,6)30)11-21(3,4)19(29)32-18-16(27)14(25)13(24)15(26)17(18)28/h30H,9-12H2,1-8H3. The third-order valence-corrected chi connectivity index (χ3v) is 4.95. The molecular formula is C23H33F5O4. The summed E-state index contributed by atoms with van der Waals surface area (Å²) in [5.74, 6) is -13.9. The molecule has 0 heterocycles. The van der Waals surface area contributed by atoms with Crippen molar-refractivity contribution in [3.8, 4) is 5.75 Å². The number of hydrogen-bond acceptors (Lipinski definition) is 4. The minimum atomic E-state index is -2.33. The van der Waals surface area contributed by atoms with Crippen LogP contribution in [0.4, 0.5) is 22.0 Å². The van der Waals surface area contributed by atoms with Crippen LogP contribution in [0.5, 0.6) is 5.75 Å². The fourth-order valence-corrected chi connectivity index (χ4v) is 4.02. The monoisotopic (exact) mass is 468 g/mol. The van der Waals surface area contributed by atoms with Crippen LogP contribution in [0.1, 0.15) is 74.7 Å². The van der Waals surface area contributed by atoms with Gasteiger partial charge in [0.25, 0.3) is 0 Å². The second-order valence-electron chi connectivity index (χ2n) is 10.9. The first kappa shape index (κ1) is 28.3. The lowest BCUT2D eigenvalue weighted by molar-refractivity contribution is -0.147. The molecule has 4 nitrogen and oxygen atoms in total. The van der Waals surface area contributed by atoms with Gasteiger partial charge in [0.1, 0.15) is 0 Å². The van der Waals surface area contributed by atoms with Crippen molar-refractivity contribution in [2.24, 2.45) is 10.8 Å². The van der Waals surface area contributed by atoms with E-state index in [-0.39, 0.29) is 6.42 Å². The number of carbonyl (C=O) groups is 1. The smallest absolute Gasteiger partial charge is 0.317 e. The van der Waals surface area contributed by atoms with Gasteiger partial charge in [0.15, 0.2) is 0 Å². The molecular weight excluding hydrogens is 435 g/mol. The van der Waals surface area contributed by atoms with Crippen LogP contribution in [-0.4, -0.2) is 28.9 Å². The summed E-state index contributed by atoms with van der Waals surface area (Å²) in [6, 6.07) is 0. The van der Waals surface area contributed by atoms with E-state index in [1.165, 1.54) is 13.8 Å². The third kappa shape index (κ3) is 7.69. The predicted octanol–water partition coefficient (Wildman–Crippen LogP) is 6.08. The molecule has 1 rings (SSSR count). The molecule has 184 valence electrons. The number of carbonyl (C=O) groups excluding carboxylic acids is 1. The first-order valence-corrected chi connectivity index (χ1v) is 10.3. The van der Waals surface area contributed by atoms with Gasteiger partial charge < -0.3 is 14.6 Å². The molecule has 0 aliphatic rings. The van der Waals surface area contributed by atoms with Crippen LogP contribution in [-0.2, 0) is 9.53 Å². The molecule has 0 amide bonds. The van der Waals surface area contributed by atoms with E-state index in [2.05, 4.69) is 4.74 Å². The Morgan fingerprint density at radius 1 is 0.781 bits per heavy atom. The molecule has 0 bridgehead atoms. The van der Waals surface area contributed by atoms with Gasteiger partial charge in [-0.15, -0.1) is 0 Å². The number of hydrogen-bond donors (Lipinski definition) is 1. The Hall–Kier alpha value is -1.74. The van der Waals surface area contributed by atoms with Gasteiger partial charge in [-0.05, 0) is 66.2 Å². The summed E-state index contributed by atoms with van der Waals surface area (Å²) in [7, 11) is 0. The van der Waals surface area contributed by atoms with E-state index in [4.69, 9.17) is 4.74 Å². The van der Waals surface area contributed by atoms with Crippen molar-refractivity contribution in [1.29, 1.82) is 0 Å². The Balaban J connectivity index is 2.94. The van der Waals surface area contributed by atoms with E-state index < -0.39 is 62.8 Å². The molecule has 1 aromatic rings. The molecule has 0 unspecified atom stereocenters. The molecule has 0 spiro atoms. The second kappa shape index (κ2) is 9.63. The van der Waals surface area contributed by atoms with Gasteiger partial charge in [0, 0.05) is 0 Å². The lowest BCUT2D eigenvalue weighted by Crippen LogP contribution is -2.39. The van der Waals surface area contributed by atoms with Crippen LogP contribution in [0.2, 0.25) is 0 Å². The van der Waals surface area contributed by atoms with Crippen molar-refractivity contribution >= 4 is 5.97 Å². The molecule has 0 aliphatic heterocycles. The molecule has 0 radical (unpaired) electrons. The zero-order valence-corrected chi connectivity index (χ0v) is 19.9. The highest BCUT2D eigenvalue weighted by Crippen LogP contribution is 2.41. The lowest BCUT2D eigenvalue weighted by Gasteiger charge is -2.39. The molecule has 0 aromatic heterocycles. The summed E-state index contributed by atoms with van der Waals surface area (Å²) in [5.41, 5.74) is -3.33. The first-order valence-electron chi connectivity index (χ1n) is 10.3. The van der Waals surface area contributed by atoms with E-state index in [1.54, 1.807) is 13.8 Å². The summed E-state index contributed by atoms with van der Waals surface area (Å²) in [6.45, 7) is 14.0. The highest BCUT2D eigenvalue weighted by atomic mass is 19.2. The molecule has 0 saturated heterocycles. The van der Waals surface area contributed by atoms with Crippen LogP contribution in [0.15, 0.2) is 0 Å². The fourth-order valence-electron chi connectivity index (χ4n) is 4.02. The number of benzene rings is 1. The van der Waals surface area contributed by atoms with Gasteiger partial charge in [-0.2, -0.15) is 8.78 Å². The van der Waals surface area contributed by atoms with E-state index in [0.717, 1.165) is 0 Å². The van der Waals surface area contributed by atoms with Crippen LogP contribution >= 0.6 is 0 Å². The Labute approximate surface area is 186 Å². The Morgan fingerprint density at radius 2 is 1.22 bits per heavy atom. The maximum Gasteiger partial charge on any atom is 0.317 e. The van der Waals surface area contributed by atoms with E-state index in [1.807, 2.05) is 27.7 Å². The van der Waals surface area contributed by atoms with Gasteiger partial charge >= 0.3 is 5.97 Å². The zero-order chi connectivity index (χ0) is 25.3. The quantitative estimate of drug-likeness (QED) is 0.149. The van der Waals surface area contributed by atoms with Crippen molar-refractivity contribution in [3.63, 3.8) is 0 Å². The molecule has 1 N–H and O–H groups in total. The van der Waals surface area contributed by atoms with Crippen molar-refractivity contribution in [2.75, 3.05) is 6.61 Å². The number of ether oxygens (including phenoxy) is 2. The summed E-state index contributed by atoms with van der Waals surface area (Å²) < 4.78 is 78.3. The van der Waals surface area contributed by atoms with E-state index >= 15 is 0 Å². The van der Waals surface area contributed by atoms with Crippen LogP contribution in [0.3, 0.4) is 0 Å². The SMILES string of the molecule is CC(C)(O)CCOC(C)(C)CC(C)(C)CC(C)(C)C(=O)Oc1c(F)c(F)c(F)c(F)c1F. The molecule has 0 saturated carbocycles. The minimum absolute atomic E-state index is 0.173. The van der Waals surface area contributed by atoms with Crippen LogP contribution < -0.4 is 4.74 Å². The topological polar surface area (TPSA) is 55.8 Å². The minimum Gasteiger partial charge on any atom is -0.420 e. The summed E-state index contributed by atoms with van der Waals surface area (Å²) in [4.78, 5) is 12.6. The maximum absolute atomic E-state index is 13.9. The van der Waals surface area contributed by atoms with Gasteiger partial charge in [-0.25, -0.2) is 13.2 Å². The second-order valence-corrected chi connectivity index (χ2v) is 10.9. The van der Waals surface area contributed by atoms with Gasteiger partial charge in [-0.3, -0.25) is 4.79 Å². The Morgan fingerprint density at radius 3 is 1.66 bits per heavy atom. The van der Waals surface area contributed by atoms with E-state index in [9.17, 15) is 31.9 Å². The zero-order valence-electron chi connectivity index (χ0n) is 19.9. The third-order valence-electron chi connectivity index (χ3n) is 4.95. The highest BCUT2D eigenvalue weighted by Gasteiger charge is 2.40. The van der Waals surface area contributed by atoms with Crippen molar-refractivity contribution in [1.82, 2.24) is 0 Å². The largest absolute Gasteiger partial charge is 0.420 e. The first-order chi connectivity index (χ1) is 14.2. The predicted molar refractivity (Wildman–Crippen MR) is 110 cm³/mol. The van der Waals surface area contributed by atoms with Crippen molar-refractivity contribution < 1.29 is 41.3 Å². The van der Waals surface area contributed by atoms with Crippen LogP contribution in [0, 0.1) is 39.9 Å². The van der Waals surface area contributed by atoms with Crippen LogP contribution in [0.25, 0.3) is 0 Å². The highest BCUT2D eigenvalue weighted by molar-refractivity contribution is 5.78. The molecule has 0 fully saturated rings. The molecule has 0 atom stereocenters. The molecule has 1 aromatic carbocycles. The van der Waals surface area contributed by atoms with Gasteiger partial charge in [0.2, 0.25) is 34.8 Å². The average molecular weight is 469 g/mol. The normalized spacial score (nSPS) is 13.4. The molecule has 32 heavy (non-hydrogen) atoms. The average Bonchev–Trinajstić information content (AvgIpc) is 2.58. The van der Waals surface area contributed by atoms with Gasteiger partial charge in [0.05, 0.1) is 23.2 Å². The van der Waals surface area contributed by atoms with Gasteiger partial charge in [-0.1, -0.05) is 13.8 Å². The number of halogens is 5. The summed E-state index contributed by atoms with van der Waals surface area (Å²) in [6.07, 6.45) is 1.08. The number of esters is 1. The summed E-state index contributed by atoms with van der Waals surface area (Å²) in [5, 5.41) is 9.82. The number of rotatable bonds is 10.